The van der Waals surface area contributed by atoms with Gasteiger partial charge in [0.15, 0.2) is 6.29 Å². The van der Waals surface area contributed by atoms with Crippen molar-refractivity contribution in [2.24, 2.45) is 0 Å². The lowest BCUT2D eigenvalue weighted by Gasteiger charge is -2.49. The Balaban J connectivity index is 2.32. The standard InChI is InChI=1S/C22H43NO7/c1-2-3-4-5-6-7-8-9-10-11-12-13-18(26)23-22(14-15-24)20(28)19(27)17(16-25)30-21(22)29/h17,19-21,24-25,27-29H,2-16H2,1H3,(H,23,26)/t17-,19-,20+,21+,22-/m1/s1. The minimum Gasteiger partial charge on any atom is -0.396 e. The Morgan fingerprint density at radius 2 is 1.43 bits per heavy atom. The second kappa shape index (κ2) is 15.1. The molecular weight excluding hydrogens is 390 g/mol. The number of nitrogens with one attached hydrogen (secondary N) is 1. The number of rotatable bonds is 16. The van der Waals surface area contributed by atoms with Crippen molar-refractivity contribution in [1.82, 2.24) is 5.32 Å². The van der Waals surface area contributed by atoms with E-state index in [9.17, 15) is 30.3 Å². The van der Waals surface area contributed by atoms with Crippen molar-refractivity contribution in [3.8, 4) is 0 Å². The van der Waals surface area contributed by atoms with Crippen LogP contribution in [-0.4, -0.2) is 74.8 Å². The number of amides is 1. The van der Waals surface area contributed by atoms with Crippen LogP contribution in [-0.2, 0) is 9.53 Å². The highest BCUT2D eigenvalue weighted by Gasteiger charge is 2.55. The van der Waals surface area contributed by atoms with E-state index in [1.807, 2.05) is 0 Å². The molecule has 178 valence electrons. The van der Waals surface area contributed by atoms with E-state index in [1.165, 1.54) is 44.9 Å². The monoisotopic (exact) mass is 433 g/mol. The quantitative estimate of drug-likeness (QED) is 0.202. The highest BCUT2D eigenvalue weighted by Crippen LogP contribution is 2.32. The Hall–Kier alpha value is -0.770. The van der Waals surface area contributed by atoms with E-state index in [2.05, 4.69) is 12.2 Å². The number of unbranched alkanes of at least 4 members (excludes halogenated alkanes) is 10. The molecule has 30 heavy (non-hydrogen) atoms. The van der Waals surface area contributed by atoms with E-state index in [-0.39, 0.29) is 18.7 Å². The molecule has 0 bridgehead atoms. The van der Waals surface area contributed by atoms with Gasteiger partial charge in [-0.2, -0.15) is 0 Å². The van der Waals surface area contributed by atoms with Crippen LogP contribution in [0, 0.1) is 0 Å². The van der Waals surface area contributed by atoms with Gasteiger partial charge in [0, 0.05) is 19.4 Å². The minimum atomic E-state index is -1.71. The van der Waals surface area contributed by atoms with Gasteiger partial charge in [-0.3, -0.25) is 4.79 Å². The van der Waals surface area contributed by atoms with Crippen molar-refractivity contribution in [2.45, 2.75) is 121 Å². The first-order chi connectivity index (χ1) is 14.4. The van der Waals surface area contributed by atoms with Gasteiger partial charge in [-0.25, -0.2) is 0 Å². The molecule has 1 aliphatic rings. The Labute approximate surface area is 180 Å². The molecule has 0 unspecified atom stereocenters. The molecule has 0 aliphatic carbocycles. The smallest absolute Gasteiger partial charge is 0.220 e. The summed E-state index contributed by atoms with van der Waals surface area (Å²) in [6.07, 6.45) is 7.01. The van der Waals surface area contributed by atoms with Crippen LogP contribution in [0.15, 0.2) is 0 Å². The topological polar surface area (TPSA) is 139 Å². The van der Waals surface area contributed by atoms with Gasteiger partial charge in [-0.15, -0.1) is 0 Å². The largest absolute Gasteiger partial charge is 0.396 e. The van der Waals surface area contributed by atoms with Crippen LogP contribution in [0.1, 0.15) is 90.4 Å². The van der Waals surface area contributed by atoms with Crippen LogP contribution in [0.2, 0.25) is 0 Å². The lowest BCUT2D eigenvalue weighted by atomic mass is 9.80. The Morgan fingerprint density at radius 1 is 0.900 bits per heavy atom. The van der Waals surface area contributed by atoms with Crippen molar-refractivity contribution >= 4 is 5.91 Å². The molecule has 5 atom stereocenters. The lowest BCUT2D eigenvalue weighted by molar-refractivity contribution is -0.286. The SMILES string of the molecule is CCCCCCCCCCCCCC(=O)N[C@@]1(CCO)[C@@H](O)O[C@H](CO)[C@@H](O)[C@@H]1O. The average molecular weight is 434 g/mol. The summed E-state index contributed by atoms with van der Waals surface area (Å²) in [7, 11) is 0. The highest BCUT2D eigenvalue weighted by molar-refractivity contribution is 5.77. The number of aliphatic hydroxyl groups excluding tert-OH is 5. The normalized spacial score (nSPS) is 29.1. The molecule has 0 aromatic rings. The van der Waals surface area contributed by atoms with Gasteiger partial charge in [0.05, 0.1) is 6.61 Å². The number of hydrogen-bond donors (Lipinski definition) is 6. The molecular formula is C22H43NO7. The third-order valence-corrected chi connectivity index (χ3v) is 6.06. The van der Waals surface area contributed by atoms with Gasteiger partial charge in [-0.05, 0) is 6.42 Å². The van der Waals surface area contributed by atoms with Crippen LogP contribution in [0.3, 0.4) is 0 Å². The van der Waals surface area contributed by atoms with Crippen LogP contribution in [0.25, 0.3) is 0 Å². The van der Waals surface area contributed by atoms with Gasteiger partial charge in [0.2, 0.25) is 5.91 Å². The number of carbonyl (C=O) groups is 1. The summed E-state index contributed by atoms with van der Waals surface area (Å²) in [5.41, 5.74) is -1.71. The third-order valence-electron chi connectivity index (χ3n) is 6.06. The van der Waals surface area contributed by atoms with Crippen molar-refractivity contribution in [2.75, 3.05) is 13.2 Å². The summed E-state index contributed by atoms with van der Waals surface area (Å²) in [4.78, 5) is 12.4. The molecule has 8 heteroatoms. The Bertz CT molecular complexity index is 465. The molecule has 0 radical (unpaired) electrons. The average Bonchev–Trinajstić information content (AvgIpc) is 2.73. The second-order valence-electron chi connectivity index (χ2n) is 8.49. The molecule has 0 aromatic heterocycles. The minimum absolute atomic E-state index is 0.186. The second-order valence-corrected chi connectivity index (χ2v) is 8.49. The fourth-order valence-electron chi connectivity index (χ4n) is 4.10. The zero-order valence-electron chi connectivity index (χ0n) is 18.5. The molecule has 0 spiro atoms. The van der Waals surface area contributed by atoms with Crippen LogP contribution < -0.4 is 5.32 Å². The van der Waals surface area contributed by atoms with E-state index in [0.717, 1.165) is 19.3 Å². The summed E-state index contributed by atoms with van der Waals surface area (Å²) >= 11 is 0. The maximum atomic E-state index is 12.4. The van der Waals surface area contributed by atoms with E-state index >= 15 is 0 Å². The van der Waals surface area contributed by atoms with Crippen molar-refractivity contribution in [3.05, 3.63) is 0 Å². The molecule has 1 fully saturated rings. The van der Waals surface area contributed by atoms with E-state index < -0.39 is 43.4 Å². The summed E-state index contributed by atoms with van der Waals surface area (Å²) in [5, 5.41) is 52.1. The van der Waals surface area contributed by atoms with Crippen molar-refractivity contribution in [1.29, 1.82) is 0 Å². The van der Waals surface area contributed by atoms with E-state index in [4.69, 9.17) is 4.74 Å². The molecule has 1 rings (SSSR count). The Kier molecular flexibility index (Phi) is 13.7. The maximum Gasteiger partial charge on any atom is 0.220 e. The lowest BCUT2D eigenvalue weighted by Crippen LogP contribution is -2.73. The molecule has 6 N–H and O–H groups in total. The summed E-state index contributed by atoms with van der Waals surface area (Å²) in [5.74, 6) is -0.379. The molecule has 0 aromatic carbocycles. The van der Waals surface area contributed by atoms with Gasteiger partial charge in [0.25, 0.3) is 0 Å². The predicted octanol–water partition coefficient (Wildman–Crippen LogP) is 1.36. The summed E-state index contributed by atoms with van der Waals surface area (Å²) < 4.78 is 5.17. The summed E-state index contributed by atoms with van der Waals surface area (Å²) in [6, 6.07) is 0. The first kappa shape index (κ1) is 27.3. The molecule has 1 amide bonds. The fourth-order valence-corrected chi connectivity index (χ4v) is 4.10. The zero-order valence-corrected chi connectivity index (χ0v) is 18.5. The van der Waals surface area contributed by atoms with Crippen molar-refractivity contribution < 1.29 is 35.1 Å². The zero-order chi connectivity index (χ0) is 22.4. The number of carbonyl (C=O) groups excluding carboxylic acids is 1. The van der Waals surface area contributed by atoms with Crippen molar-refractivity contribution in [3.63, 3.8) is 0 Å². The van der Waals surface area contributed by atoms with Gasteiger partial charge < -0.3 is 35.6 Å². The summed E-state index contributed by atoms with van der Waals surface area (Å²) in [6.45, 7) is 1.21. The first-order valence-electron chi connectivity index (χ1n) is 11.6. The number of ether oxygens (including phenoxy) is 1. The first-order valence-corrected chi connectivity index (χ1v) is 11.6. The Morgan fingerprint density at radius 3 is 1.93 bits per heavy atom. The van der Waals surface area contributed by atoms with E-state index in [1.54, 1.807) is 0 Å². The number of hydrogen-bond acceptors (Lipinski definition) is 7. The maximum absolute atomic E-state index is 12.4. The molecule has 1 saturated heterocycles. The van der Waals surface area contributed by atoms with Crippen LogP contribution in [0.5, 0.6) is 0 Å². The van der Waals surface area contributed by atoms with Gasteiger partial charge >= 0.3 is 0 Å². The van der Waals surface area contributed by atoms with Crippen LogP contribution in [0.4, 0.5) is 0 Å². The third kappa shape index (κ3) is 8.40. The van der Waals surface area contributed by atoms with Crippen LogP contribution >= 0.6 is 0 Å². The highest BCUT2D eigenvalue weighted by atomic mass is 16.6. The molecule has 1 aliphatic heterocycles. The molecule has 0 saturated carbocycles. The number of aliphatic hydroxyl groups is 5. The predicted molar refractivity (Wildman–Crippen MR) is 114 cm³/mol. The fraction of sp³-hybridized carbons (Fsp3) is 0.955. The molecule has 8 nitrogen and oxygen atoms in total. The molecule has 1 heterocycles. The van der Waals surface area contributed by atoms with Gasteiger partial charge in [-0.1, -0.05) is 71.1 Å². The van der Waals surface area contributed by atoms with Gasteiger partial charge in [0.1, 0.15) is 23.9 Å². The van der Waals surface area contributed by atoms with E-state index in [0.29, 0.717) is 6.42 Å².